The molecule has 27 heavy (non-hydrogen) atoms. The van der Waals surface area contributed by atoms with Crippen LogP contribution < -0.4 is 15.4 Å². The molecule has 6 heteroatoms. The number of benzene rings is 2. The second kappa shape index (κ2) is 7.25. The minimum atomic E-state index is -0.544. The molecule has 0 radical (unpaired) electrons. The van der Waals surface area contributed by atoms with Gasteiger partial charge in [0, 0.05) is 23.0 Å². The number of hydrogen-bond acceptors (Lipinski definition) is 4. The van der Waals surface area contributed by atoms with E-state index >= 15 is 0 Å². The first-order chi connectivity index (χ1) is 13.2. The van der Waals surface area contributed by atoms with Crippen molar-refractivity contribution in [1.82, 2.24) is 10.3 Å². The van der Waals surface area contributed by atoms with E-state index < -0.39 is 6.04 Å². The number of nitrogens with one attached hydrogen (secondary N) is 3. The Kier molecular flexibility index (Phi) is 4.64. The minimum absolute atomic E-state index is 0.0661. The van der Waals surface area contributed by atoms with E-state index in [0.717, 1.165) is 28.6 Å². The monoisotopic (exact) mass is 363 g/mol. The van der Waals surface area contributed by atoms with Gasteiger partial charge in [-0.05, 0) is 48.9 Å². The van der Waals surface area contributed by atoms with Gasteiger partial charge in [0.25, 0.3) is 0 Å². The molecule has 6 nitrogen and oxygen atoms in total. The Bertz CT molecular complexity index is 992. The molecule has 3 N–H and O–H groups in total. The van der Waals surface area contributed by atoms with Crippen molar-refractivity contribution in [3.05, 3.63) is 59.8 Å². The number of methoxy groups -OCH3 is 1. The first-order valence-corrected chi connectivity index (χ1v) is 8.97. The van der Waals surface area contributed by atoms with Gasteiger partial charge in [-0.25, -0.2) is 0 Å². The molecule has 0 unspecified atom stereocenters. The van der Waals surface area contributed by atoms with Gasteiger partial charge in [0.2, 0.25) is 5.91 Å². The Hall–Kier alpha value is -3.12. The number of carbonyl (C=O) groups excluding carboxylic acids is 2. The lowest BCUT2D eigenvalue weighted by Crippen LogP contribution is -2.39. The molecule has 0 fully saturated rings. The molecule has 0 saturated carbocycles. The van der Waals surface area contributed by atoms with Gasteiger partial charge in [-0.3, -0.25) is 9.59 Å². The van der Waals surface area contributed by atoms with E-state index in [1.165, 1.54) is 0 Å². The third-order valence-corrected chi connectivity index (χ3v) is 4.91. The zero-order valence-corrected chi connectivity index (χ0v) is 15.0. The molecule has 3 aromatic rings. The summed E-state index contributed by atoms with van der Waals surface area (Å²) in [6.07, 6.45) is 0.835. The Morgan fingerprint density at radius 3 is 2.74 bits per heavy atom. The Balaban J connectivity index is 1.50. The first-order valence-electron chi connectivity index (χ1n) is 8.97. The van der Waals surface area contributed by atoms with Gasteiger partial charge in [0.1, 0.15) is 5.75 Å². The second-order valence-corrected chi connectivity index (χ2v) is 6.63. The third-order valence-electron chi connectivity index (χ3n) is 4.91. The summed E-state index contributed by atoms with van der Waals surface area (Å²) in [4.78, 5) is 28.7. The Morgan fingerprint density at radius 2 is 1.96 bits per heavy atom. The van der Waals surface area contributed by atoms with E-state index in [-0.39, 0.29) is 18.1 Å². The zero-order valence-electron chi connectivity index (χ0n) is 15.0. The molecule has 2 aromatic carbocycles. The van der Waals surface area contributed by atoms with Gasteiger partial charge in [-0.2, -0.15) is 0 Å². The zero-order chi connectivity index (χ0) is 18.8. The molecule has 2 heterocycles. The summed E-state index contributed by atoms with van der Waals surface area (Å²) in [5.41, 5.74) is 3.27. The molecule has 0 saturated heterocycles. The molecular weight excluding hydrogens is 342 g/mol. The lowest BCUT2D eigenvalue weighted by Gasteiger charge is -2.14. The predicted octanol–water partition coefficient (Wildman–Crippen LogP) is 2.90. The predicted molar refractivity (Wildman–Crippen MR) is 104 cm³/mol. The van der Waals surface area contributed by atoms with E-state index in [1.54, 1.807) is 31.4 Å². The van der Waals surface area contributed by atoms with Crippen molar-refractivity contribution < 1.29 is 14.3 Å². The number of carbonyl (C=O) groups is 2. The molecule has 0 aliphatic carbocycles. The Labute approximate surface area is 156 Å². The van der Waals surface area contributed by atoms with Crippen LogP contribution in [0.3, 0.4) is 0 Å². The standard InChI is InChI=1S/C21H21N3O3/c1-27-14-8-6-13(7-9-14)23-19(25)12-18-21(26)20-16(10-11-22-18)15-4-2-3-5-17(15)24-20/h2-9,18,22,24H,10-12H2,1H3,(H,23,25)/t18-/m0/s1. The molecule has 1 atom stereocenters. The van der Waals surface area contributed by atoms with Crippen molar-refractivity contribution >= 4 is 28.3 Å². The molecule has 0 spiro atoms. The Morgan fingerprint density at radius 1 is 1.19 bits per heavy atom. The topological polar surface area (TPSA) is 83.2 Å². The summed E-state index contributed by atoms with van der Waals surface area (Å²) in [6.45, 7) is 0.654. The van der Waals surface area contributed by atoms with Crippen molar-refractivity contribution in [2.45, 2.75) is 18.9 Å². The van der Waals surface area contributed by atoms with Crippen LogP contribution >= 0.6 is 0 Å². The van der Waals surface area contributed by atoms with Crippen molar-refractivity contribution in [1.29, 1.82) is 0 Å². The van der Waals surface area contributed by atoms with Gasteiger partial charge in [-0.1, -0.05) is 18.2 Å². The summed E-state index contributed by atoms with van der Waals surface area (Å²) in [5, 5.41) is 7.12. The molecule has 1 aliphatic heterocycles. The van der Waals surface area contributed by atoms with Crippen LogP contribution in [0.1, 0.15) is 22.5 Å². The average molecular weight is 363 g/mol. The first kappa shape index (κ1) is 17.3. The maximum absolute atomic E-state index is 13.0. The molecule has 4 rings (SSSR count). The number of aromatic amines is 1. The summed E-state index contributed by atoms with van der Waals surface area (Å²) < 4.78 is 5.11. The number of para-hydroxylation sites is 1. The molecule has 0 bridgehead atoms. The highest BCUT2D eigenvalue weighted by Crippen LogP contribution is 2.26. The van der Waals surface area contributed by atoms with Crippen LogP contribution in [-0.4, -0.2) is 36.4 Å². The highest BCUT2D eigenvalue weighted by molar-refractivity contribution is 6.07. The van der Waals surface area contributed by atoms with Gasteiger partial charge in [0.15, 0.2) is 5.78 Å². The summed E-state index contributed by atoms with van der Waals surface area (Å²) >= 11 is 0. The average Bonchev–Trinajstić information content (AvgIpc) is 2.99. The normalized spacial score (nSPS) is 16.6. The minimum Gasteiger partial charge on any atom is -0.497 e. The van der Waals surface area contributed by atoms with Crippen molar-refractivity contribution in [2.75, 3.05) is 19.0 Å². The fourth-order valence-corrected chi connectivity index (χ4v) is 3.54. The van der Waals surface area contributed by atoms with Crippen LogP contribution in [0.2, 0.25) is 0 Å². The van der Waals surface area contributed by atoms with Crippen molar-refractivity contribution in [2.24, 2.45) is 0 Å². The number of anilines is 1. The van der Waals surface area contributed by atoms with Gasteiger partial charge in [0.05, 0.1) is 18.8 Å². The van der Waals surface area contributed by atoms with Crippen LogP contribution in [0, 0.1) is 0 Å². The van der Waals surface area contributed by atoms with E-state index in [0.29, 0.717) is 17.9 Å². The molecule has 1 aliphatic rings. The van der Waals surface area contributed by atoms with Crippen LogP contribution in [0.15, 0.2) is 48.5 Å². The van der Waals surface area contributed by atoms with Gasteiger partial charge in [-0.15, -0.1) is 0 Å². The highest BCUT2D eigenvalue weighted by Gasteiger charge is 2.29. The van der Waals surface area contributed by atoms with E-state index in [9.17, 15) is 9.59 Å². The second-order valence-electron chi connectivity index (χ2n) is 6.63. The number of Topliss-reactive ketones (excluding diaryl/α,β-unsaturated/α-hetero) is 1. The quantitative estimate of drug-likeness (QED) is 0.666. The molecule has 1 amide bonds. The SMILES string of the molecule is COc1ccc(NC(=O)C[C@@H]2NCCc3c([nH]c4ccccc34)C2=O)cc1. The van der Waals surface area contributed by atoms with Crippen molar-refractivity contribution in [3.8, 4) is 5.75 Å². The summed E-state index contributed by atoms with van der Waals surface area (Å²) in [7, 11) is 1.59. The number of ether oxygens (including phenoxy) is 1. The maximum Gasteiger partial charge on any atom is 0.226 e. The van der Waals surface area contributed by atoms with Crippen LogP contribution in [0.25, 0.3) is 10.9 Å². The van der Waals surface area contributed by atoms with Crippen LogP contribution in [-0.2, 0) is 11.2 Å². The van der Waals surface area contributed by atoms with Crippen molar-refractivity contribution in [3.63, 3.8) is 0 Å². The van der Waals surface area contributed by atoms with E-state index in [2.05, 4.69) is 15.6 Å². The summed E-state index contributed by atoms with van der Waals surface area (Å²) in [5.74, 6) is 0.453. The molecule has 1 aromatic heterocycles. The van der Waals surface area contributed by atoms with E-state index in [4.69, 9.17) is 4.74 Å². The fourth-order valence-electron chi connectivity index (χ4n) is 3.54. The number of ketones is 1. The number of fused-ring (bicyclic) bond motifs is 3. The number of H-pyrrole nitrogens is 1. The largest absolute Gasteiger partial charge is 0.497 e. The lowest BCUT2D eigenvalue weighted by atomic mass is 10.0. The number of amides is 1. The van der Waals surface area contributed by atoms with Gasteiger partial charge >= 0.3 is 0 Å². The fraction of sp³-hybridized carbons (Fsp3) is 0.238. The highest BCUT2D eigenvalue weighted by atomic mass is 16.5. The van der Waals surface area contributed by atoms with Gasteiger partial charge < -0.3 is 20.4 Å². The third kappa shape index (κ3) is 3.44. The summed E-state index contributed by atoms with van der Waals surface area (Å²) in [6, 6.07) is 14.5. The number of aromatic nitrogens is 1. The van der Waals surface area contributed by atoms with Crippen LogP contribution in [0.5, 0.6) is 5.75 Å². The molecule has 138 valence electrons. The van der Waals surface area contributed by atoms with Crippen LogP contribution in [0.4, 0.5) is 5.69 Å². The number of rotatable bonds is 4. The number of hydrogen-bond donors (Lipinski definition) is 3. The maximum atomic E-state index is 13.0. The lowest BCUT2D eigenvalue weighted by molar-refractivity contribution is -0.116. The smallest absolute Gasteiger partial charge is 0.226 e. The van der Waals surface area contributed by atoms with E-state index in [1.807, 2.05) is 24.3 Å². The molecular formula is C21H21N3O3.